The number of carbonyl (C=O) groups is 1. The molecule has 4 nitrogen and oxygen atoms in total. The number of hydrogen-bond acceptors (Lipinski definition) is 3. The van der Waals surface area contributed by atoms with E-state index in [4.69, 9.17) is 5.73 Å². The molecule has 1 unspecified atom stereocenters. The van der Waals surface area contributed by atoms with Gasteiger partial charge in [-0.15, -0.1) is 0 Å². The molecule has 1 atom stereocenters. The Morgan fingerprint density at radius 2 is 2.06 bits per heavy atom. The zero-order valence-electron chi connectivity index (χ0n) is 9.95. The first kappa shape index (κ1) is 11.9. The second-order valence-electron chi connectivity index (χ2n) is 5.08. The summed E-state index contributed by atoms with van der Waals surface area (Å²) in [7, 11) is 0. The van der Waals surface area contributed by atoms with Crippen LogP contribution in [0.3, 0.4) is 0 Å². The first-order valence-electron chi connectivity index (χ1n) is 6.51. The molecule has 0 spiro atoms. The maximum Gasteiger partial charge on any atom is 0.224 e. The van der Waals surface area contributed by atoms with Gasteiger partial charge in [0.1, 0.15) is 0 Å². The van der Waals surface area contributed by atoms with Crippen molar-refractivity contribution in [1.29, 1.82) is 0 Å². The SMILES string of the molecule is NCC(CC(=O)N1CCCC1)NCC1CC1. The average Bonchev–Trinajstić information content (AvgIpc) is 2.95. The Kier molecular flexibility index (Phi) is 4.18. The van der Waals surface area contributed by atoms with Crippen molar-refractivity contribution in [2.45, 2.75) is 38.1 Å². The number of amides is 1. The van der Waals surface area contributed by atoms with Crippen LogP contribution in [0.4, 0.5) is 0 Å². The zero-order chi connectivity index (χ0) is 11.4. The van der Waals surface area contributed by atoms with E-state index in [2.05, 4.69) is 5.32 Å². The molecule has 1 saturated carbocycles. The van der Waals surface area contributed by atoms with E-state index in [1.165, 1.54) is 12.8 Å². The third-order valence-electron chi connectivity index (χ3n) is 3.56. The van der Waals surface area contributed by atoms with Gasteiger partial charge in [0.2, 0.25) is 5.91 Å². The van der Waals surface area contributed by atoms with Crippen molar-refractivity contribution in [3.05, 3.63) is 0 Å². The smallest absolute Gasteiger partial charge is 0.224 e. The highest BCUT2D eigenvalue weighted by atomic mass is 16.2. The molecule has 4 heteroatoms. The van der Waals surface area contributed by atoms with Crippen LogP contribution in [0, 0.1) is 5.92 Å². The molecular formula is C12H23N3O. The van der Waals surface area contributed by atoms with E-state index in [9.17, 15) is 4.79 Å². The van der Waals surface area contributed by atoms with Gasteiger partial charge in [-0.2, -0.15) is 0 Å². The van der Waals surface area contributed by atoms with Gasteiger partial charge in [0, 0.05) is 32.1 Å². The quantitative estimate of drug-likeness (QED) is 0.685. The second kappa shape index (κ2) is 5.64. The maximum absolute atomic E-state index is 11.9. The Labute approximate surface area is 97.6 Å². The Morgan fingerprint density at radius 1 is 1.38 bits per heavy atom. The van der Waals surface area contributed by atoms with Gasteiger partial charge in [0.25, 0.3) is 0 Å². The number of rotatable bonds is 6. The first-order chi connectivity index (χ1) is 7.79. The van der Waals surface area contributed by atoms with E-state index in [1.807, 2.05) is 4.90 Å². The topological polar surface area (TPSA) is 58.4 Å². The van der Waals surface area contributed by atoms with Crippen molar-refractivity contribution >= 4 is 5.91 Å². The van der Waals surface area contributed by atoms with Crippen molar-refractivity contribution in [1.82, 2.24) is 10.2 Å². The second-order valence-corrected chi connectivity index (χ2v) is 5.08. The lowest BCUT2D eigenvalue weighted by Crippen LogP contribution is -2.42. The molecule has 1 aliphatic heterocycles. The van der Waals surface area contributed by atoms with Crippen LogP contribution in [-0.4, -0.2) is 43.0 Å². The Bertz CT molecular complexity index is 234. The maximum atomic E-state index is 11.9. The van der Waals surface area contributed by atoms with Crippen LogP contribution in [0.15, 0.2) is 0 Å². The third kappa shape index (κ3) is 3.46. The van der Waals surface area contributed by atoms with Gasteiger partial charge < -0.3 is 16.0 Å². The molecular weight excluding hydrogens is 202 g/mol. The fraction of sp³-hybridized carbons (Fsp3) is 0.917. The highest BCUT2D eigenvalue weighted by molar-refractivity contribution is 5.77. The summed E-state index contributed by atoms with van der Waals surface area (Å²) in [6.45, 7) is 3.49. The third-order valence-corrected chi connectivity index (χ3v) is 3.56. The minimum atomic E-state index is 0.175. The van der Waals surface area contributed by atoms with Crippen LogP contribution in [0.2, 0.25) is 0 Å². The Hall–Kier alpha value is -0.610. The van der Waals surface area contributed by atoms with Gasteiger partial charge in [0.15, 0.2) is 0 Å². The van der Waals surface area contributed by atoms with Crippen molar-refractivity contribution in [3.63, 3.8) is 0 Å². The number of carbonyl (C=O) groups excluding carboxylic acids is 1. The number of nitrogens with zero attached hydrogens (tertiary/aromatic N) is 1. The van der Waals surface area contributed by atoms with Gasteiger partial charge >= 0.3 is 0 Å². The normalized spacial score (nSPS) is 22.4. The predicted molar refractivity (Wildman–Crippen MR) is 64.0 cm³/mol. The summed E-state index contributed by atoms with van der Waals surface area (Å²) in [5.74, 6) is 1.12. The van der Waals surface area contributed by atoms with Crippen molar-refractivity contribution < 1.29 is 4.79 Å². The molecule has 2 fully saturated rings. The monoisotopic (exact) mass is 225 g/mol. The van der Waals surface area contributed by atoms with E-state index in [0.717, 1.165) is 38.4 Å². The lowest BCUT2D eigenvalue weighted by Gasteiger charge is -2.20. The van der Waals surface area contributed by atoms with E-state index < -0.39 is 0 Å². The molecule has 0 radical (unpaired) electrons. The summed E-state index contributed by atoms with van der Waals surface area (Å²) in [4.78, 5) is 13.9. The molecule has 2 aliphatic rings. The molecule has 0 aromatic carbocycles. The van der Waals surface area contributed by atoms with Crippen LogP contribution in [-0.2, 0) is 4.79 Å². The van der Waals surface area contributed by atoms with Gasteiger partial charge in [-0.05, 0) is 38.1 Å². The molecule has 1 saturated heterocycles. The number of nitrogens with two attached hydrogens (primary N) is 1. The van der Waals surface area contributed by atoms with Crippen LogP contribution in [0.25, 0.3) is 0 Å². The molecule has 2 rings (SSSR count). The highest BCUT2D eigenvalue weighted by Gasteiger charge is 2.24. The van der Waals surface area contributed by atoms with Crippen molar-refractivity contribution in [2.75, 3.05) is 26.2 Å². The van der Waals surface area contributed by atoms with Gasteiger partial charge in [-0.25, -0.2) is 0 Å². The zero-order valence-corrected chi connectivity index (χ0v) is 9.95. The Balaban J connectivity index is 1.68. The molecule has 92 valence electrons. The van der Waals surface area contributed by atoms with Crippen molar-refractivity contribution in [3.8, 4) is 0 Å². The molecule has 0 aromatic rings. The van der Waals surface area contributed by atoms with Crippen LogP contribution < -0.4 is 11.1 Å². The highest BCUT2D eigenvalue weighted by Crippen LogP contribution is 2.27. The minimum absolute atomic E-state index is 0.175. The molecule has 1 aliphatic carbocycles. The molecule has 16 heavy (non-hydrogen) atoms. The summed E-state index contributed by atoms with van der Waals surface area (Å²) in [6, 6.07) is 0.175. The summed E-state index contributed by atoms with van der Waals surface area (Å²) < 4.78 is 0. The lowest BCUT2D eigenvalue weighted by molar-refractivity contribution is -0.130. The molecule has 1 heterocycles. The van der Waals surface area contributed by atoms with E-state index >= 15 is 0 Å². The number of likely N-dealkylation sites (tertiary alicyclic amines) is 1. The van der Waals surface area contributed by atoms with Crippen LogP contribution in [0.1, 0.15) is 32.1 Å². The largest absolute Gasteiger partial charge is 0.343 e. The summed E-state index contributed by atoms with van der Waals surface area (Å²) in [6.07, 6.45) is 5.57. The molecule has 1 amide bonds. The van der Waals surface area contributed by atoms with E-state index in [0.29, 0.717) is 13.0 Å². The average molecular weight is 225 g/mol. The summed E-state index contributed by atoms with van der Waals surface area (Å²) >= 11 is 0. The number of nitrogens with one attached hydrogen (secondary N) is 1. The van der Waals surface area contributed by atoms with E-state index in [1.54, 1.807) is 0 Å². The molecule has 0 bridgehead atoms. The lowest BCUT2D eigenvalue weighted by atomic mass is 10.2. The summed E-state index contributed by atoms with van der Waals surface area (Å²) in [5, 5.41) is 3.41. The number of hydrogen-bond donors (Lipinski definition) is 2. The van der Waals surface area contributed by atoms with Gasteiger partial charge in [-0.3, -0.25) is 4.79 Å². The minimum Gasteiger partial charge on any atom is -0.343 e. The van der Waals surface area contributed by atoms with Crippen molar-refractivity contribution in [2.24, 2.45) is 11.7 Å². The predicted octanol–water partition coefficient (Wildman–Crippen LogP) is 0.326. The molecule has 3 N–H and O–H groups in total. The summed E-state index contributed by atoms with van der Waals surface area (Å²) in [5.41, 5.74) is 5.69. The van der Waals surface area contributed by atoms with Crippen LogP contribution >= 0.6 is 0 Å². The van der Waals surface area contributed by atoms with E-state index in [-0.39, 0.29) is 11.9 Å². The van der Waals surface area contributed by atoms with Crippen LogP contribution in [0.5, 0.6) is 0 Å². The molecule has 0 aromatic heterocycles. The van der Waals surface area contributed by atoms with Gasteiger partial charge in [0.05, 0.1) is 0 Å². The van der Waals surface area contributed by atoms with Gasteiger partial charge in [-0.1, -0.05) is 0 Å². The first-order valence-corrected chi connectivity index (χ1v) is 6.51. The standard InChI is InChI=1S/C12H23N3O/c13-8-11(14-9-10-3-4-10)7-12(16)15-5-1-2-6-15/h10-11,14H,1-9,13H2. The fourth-order valence-electron chi connectivity index (χ4n) is 2.20. The fourth-order valence-corrected chi connectivity index (χ4v) is 2.20. The Morgan fingerprint density at radius 3 is 2.62 bits per heavy atom.